The summed E-state index contributed by atoms with van der Waals surface area (Å²) >= 11 is 0. The van der Waals surface area contributed by atoms with E-state index in [9.17, 15) is 9.59 Å². The molecule has 0 spiro atoms. The average molecular weight is 261 g/mol. The molecule has 2 atom stereocenters. The molecule has 0 heterocycles. The maximum atomic E-state index is 11.7. The smallest absolute Gasteiger partial charge is 0.307 e. The third-order valence-corrected chi connectivity index (χ3v) is 3.64. The first-order valence-electron chi connectivity index (χ1n) is 6.55. The number of hydrogen-bond acceptors (Lipinski definition) is 2. The minimum atomic E-state index is -0.866. The van der Waals surface area contributed by atoms with Gasteiger partial charge >= 0.3 is 5.97 Å². The van der Waals surface area contributed by atoms with Crippen molar-refractivity contribution in [3.8, 4) is 0 Å². The number of carboxylic acid groups (broad SMARTS) is 1. The van der Waals surface area contributed by atoms with Crippen LogP contribution in [-0.4, -0.2) is 23.5 Å². The van der Waals surface area contributed by atoms with Crippen LogP contribution in [-0.2, 0) is 16.0 Å². The molecule has 1 aromatic carbocycles. The SMILES string of the molecule is Cc1ccc(C)c(CCNC(=O)C2CC2C(=O)O)c1. The Hall–Kier alpha value is -1.84. The molecule has 2 N–H and O–H groups in total. The van der Waals surface area contributed by atoms with Gasteiger partial charge in [-0.25, -0.2) is 0 Å². The number of aryl methyl sites for hydroxylation is 2. The van der Waals surface area contributed by atoms with Crippen LogP contribution in [0.2, 0.25) is 0 Å². The van der Waals surface area contributed by atoms with Gasteiger partial charge in [-0.3, -0.25) is 9.59 Å². The summed E-state index contributed by atoms with van der Waals surface area (Å²) in [7, 11) is 0. The summed E-state index contributed by atoms with van der Waals surface area (Å²) in [5.74, 6) is -1.79. The summed E-state index contributed by atoms with van der Waals surface area (Å²) in [6, 6.07) is 6.27. The van der Waals surface area contributed by atoms with Crippen molar-refractivity contribution < 1.29 is 14.7 Å². The van der Waals surface area contributed by atoms with Crippen LogP contribution in [0.3, 0.4) is 0 Å². The number of carboxylic acids is 1. The van der Waals surface area contributed by atoms with Crippen molar-refractivity contribution in [2.75, 3.05) is 6.54 Å². The second-order valence-electron chi connectivity index (χ2n) is 5.26. The molecule has 1 saturated carbocycles. The third-order valence-electron chi connectivity index (χ3n) is 3.64. The highest BCUT2D eigenvalue weighted by molar-refractivity contribution is 5.89. The zero-order valence-electron chi connectivity index (χ0n) is 11.3. The lowest BCUT2D eigenvalue weighted by atomic mass is 10.0. The predicted molar refractivity (Wildman–Crippen MR) is 71.9 cm³/mol. The topological polar surface area (TPSA) is 66.4 Å². The van der Waals surface area contributed by atoms with Gasteiger partial charge in [0.15, 0.2) is 0 Å². The number of benzene rings is 1. The van der Waals surface area contributed by atoms with Gasteiger partial charge in [-0.15, -0.1) is 0 Å². The van der Waals surface area contributed by atoms with Gasteiger partial charge in [0.05, 0.1) is 11.8 Å². The quantitative estimate of drug-likeness (QED) is 0.847. The first kappa shape index (κ1) is 13.6. The highest BCUT2D eigenvalue weighted by Crippen LogP contribution is 2.38. The van der Waals surface area contributed by atoms with Crippen molar-refractivity contribution in [3.63, 3.8) is 0 Å². The number of amides is 1. The van der Waals surface area contributed by atoms with E-state index in [4.69, 9.17) is 5.11 Å². The summed E-state index contributed by atoms with van der Waals surface area (Å²) < 4.78 is 0. The third kappa shape index (κ3) is 3.34. The molecule has 2 unspecified atom stereocenters. The number of rotatable bonds is 5. The molecule has 1 amide bonds. The lowest BCUT2D eigenvalue weighted by Crippen LogP contribution is -2.28. The van der Waals surface area contributed by atoms with E-state index in [2.05, 4.69) is 30.4 Å². The highest BCUT2D eigenvalue weighted by atomic mass is 16.4. The molecule has 0 bridgehead atoms. The Labute approximate surface area is 112 Å². The lowest BCUT2D eigenvalue weighted by molar-refractivity contribution is -0.140. The zero-order valence-corrected chi connectivity index (χ0v) is 11.3. The Morgan fingerprint density at radius 2 is 2.05 bits per heavy atom. The fourth-order valence-electron chi connectivity index (χ4n) is 2.28. The van der Waals surface area contributed by atoms with Crippen molar-refractivity contribution >= 4 is 11.9 Å². The maximum absolute atomic E-state index is 11.7. The second kappa shape index (κ2) is 5.43. The van der Waals surface area contributed by atoms with Gasteiger partial charge in [-0.05, 0) is 37.8 Å². The van der Waals surface area contributed by atoms with Gasteiger partial charge in [0, 0.05) is 6.54 Å². The Balaban J connectivity index is 1.79. The van der Waals surface area contributed by atoms with Crippen molar-refractivity contribution in [1.29, 1.82) is 0 Å². The van der Waals surface area contributed by atoms with E-state index in [1.807, 2.05) is 6.92 Å². The maximum Gasteiger partial charge on any atom is 0.307 e. The fraction of sp³-hybridized carbons (Fsp3) is 0.467. The molecule has 4 nitrogen and oxygen atoms in total. The van der Waals surface area contributed by atoms with Crippen molar-refractivity contribution in [1.82, 2.24) is 5.32 Å². The molecule has 19 heavy (non-hydrogen) atoms. The summed E-state index contributed by atoms with van der Waals surface area (Å²) in [6.07, 6.45) is 1.26. The van der Waals surface area contributed by atoms with Gasteiger partial charge in [0.1, 0.15) is 0 Å². The Bertz CT molecular complexity index is 510. The van der Waals surface area contributed by atoms with E-state index in [0.717, 1.165) is 6.42 Å². The van der Waals surface area contributed by atoms with E-state index in [0.29, 0.717) is 13.0 Å². The van der Waals surface area contributed by atoms with Crippen molar-refractivity contribution in [3.05, 3.63) is 34.9 Å². The fourth-order valence-corrected chi connectivity index (χ4v) is 2.28. The number of aliphatic carboxylic acids is 1. The molecule has 1 aromatic rings. The molecule has 0 aliphatic heterocycles. The highest BCUT2D eigenvalue weighted by Gasteiger charge is 2.48. The van der Waals surface area contributed by atoms with Gasteiger partial charge in [0.25, 0.3) is 0 Å². The molecular weight excluding hydrogens is 242 g/mol. The minimum absolute atomic E-state index is 0.127. The van der Waals surface area contributed by atoms with Gasteiger partial charge < -0.3 is 10.4 Å². The van der Waals surface area contributed by atoms with Crippen LogP contribution in [0.25, 0.3) is 0 Å². The Morgan fingerprint density at radius 1 is 1.32 bits per heavy atom. The number of carbonyl (C=O) groups is 2. The number of carbonyl (C=O) groups excluding carboxylic acids is 1. The van der Waals surface area contributed by atoms with Crippen molar-refractivity contribution in [2.45, 2.75) is 26.7 Å². The Kier molecular flexibility index (Phi) is 3.88. The average Bonchev–Trinajstić information content (AvgIpc) is 3.13. The van der Waals surface area contributed by atoms with Gasteiger partial charge in [-0.1, -0.05) is 23.8 Å². The summed E-state index contributed by atoms with van der Waals surface area (Å²) in [5, 5.41) is 11.6. The molecule has 1 aliphatic rings. The second-order valence-corrected chi connectivity index (χ2v) is 5.26. The predicted octanol–water partition coefficient (Wildman–Crippen LogP) is 1.68. The van der Waals surface area contributed by atoms with Crippen LogP contribution in [0.1, 0.15) is 23.1 Å². The molecule has 2 rings (SSSR count). The number of nitrogens with one attached hydrogen (secondary N) is 1. The van der Waals surface area contributed by atoms with E-state index in [1.54, 1.807) is 0 Å². The van der Waals surface area contributed by atoms with E-state index >= 15 is 0 Å². The molecule has 0 saturated heterocycles. The van der Waals surface area contributed by atoms with E-state index in [1.165, 1.54) is 16.7 Å². The van der Waals surface area contributed by atoms with E-state index < -0.39 is 11.9 Å². The molecule has 1 fully saturated rings. The summed E-state index contributed by atoms with van der Waals surface area (Å²) in [4.78, 5) is 22.4. The van der Waals surface area contributed by atoms with Crippen LogP contribution in [0, 0.1) is 25.7 Å². The van der Waals surface area contributed by atoms with Crippen molar-refractivity contribution in [2.24, 2.45) is 11.8 Å². The molecule has 102 valence electrons. The van der Waals surface area contributed by atoms with E-state index in [-0.39, 0.29) is 11.8 Å². The van der Waals surface area contributed by atoms with Crippen LogP contribution in [0.15, 0.2) is 18.2 Å². The van der Waals surface area contributed by atoms with Crippen LogP contribution in [0.4, 0.5) is 0 Å². The monoisotopic (exact) mass is 261 g/mol. The van der Waals surface area contributed by atoms with Crippen LogP contribution < -0.4 is 5.32 Å². The normalized spacial score (nSPS) is 20.9. The first-order valence-corrected chi connectivity index (χ1v) is 6.55. The molecule has 4 heteroatoms. The molecule has 1 aliphatic carbocycles. The molecule has 0 radical (unpaired) electrons. The van der Waals surface area contributed by atoms with Gasteiger partial charge in [-0.2, -0.15) is 0 Å². The summed E-state index contributed by atoms with van der Waals surface area (Å²) in [6.45, 7) is 4.66. The first-order chi connectivity index (χ1) is 8.99. The molecular formula is C15H19NO3. The lowest BCUT2D eigenvalue weighted by Gasteiger charge is -2.08. The number of hydrogen-bond donors (Lipinski definition) is 2. The van der Waals surface area contributed by atoms with Crippen LogP contribution in [0.5, 0.6) is 0 Å². The van der Waals surface area contributed by atoms with Gasteiger partial charge in [0.2, 0.25) is 5.91 Å². The zero-order chi connectivity index (χ0) is 14.0. The Morgan fingerprint density at radius 3 is 2.68 bits per heavy atom. The molecule has 0 aromatic heterocycles. The minimum Gasteiger partial charge on any atom is -0.481 e. The standard InChI is InChI=1S/C15H19NO3/c1-9-3-4-10(2)11(7-9)5-6-16-14(17)12-8-13(12)15(18)19/h3-4,7,12-13H,5-6,8H2,1-2H3,(H,16,17)(H,18,19). The summed E-state index contributed by atoms with van der Waals surface area (Å²) in [5.41, 5.74) is 3.65. The largest absolute Gasteiger partial charge is 0.481 e. The van der Waals surface area contributed by atoms with Crippen LogP contribution >= 0.6 is 0 Å².